The third kappa shape index (κ3) is 4.18. The van der Waals surface area contributed by atoms with E-state index in [-0.39, 0.29) is 30.3 Å². The first kappa shape index (κ1) is 23.2. The van der Waals surface area contributed by atoms with Crippen LogP contribution in [0.15, 0.2) is 109 Å². The largest absolute Gasteiger partial charge is 0.322 e. The van der Waals surface area contributed by atoms with Gasteiger partial charge >= 0.3 is 0 Å². The van der Waals surface area contributed by atoms with Crippen LogP contribution >= 0.6 is 0 Å². The molecule has 1 heterocycles. The lowest BCUT2D eigenvalue weighted by molar-refractivity contribution is -0.130. The summed E-state index contributed by atoms with van der Waals surface area (Å²) in [6, 6.07) is 32.0. The van der Waals surface area contributed by atoms with Crippen LogP contribution in [0.5, 0.6) is 0 Å². The van der Waals surface area contributed by atoms with Crippen LogP contribution in [0.2, 0.25) is 0 Å². The van der Waals surface area contributed by atoms with Crippen molar-refractivity contribution in [1.29, 1.82) is 5.41 Å². The Morgan fingerprint density at radius 3 is 2.11 bits per heavy atom. The van der Waals surface area contributed by atoms with Gasteiger partial charge in [-0.1, -0.05) is 84.9 Å². The number of anilines is 1. The van der Waals surface area contributed by atoms with Crippen LogP contribution in [0.4, 0.5) is 10.1 Å². The Bertz CT molecular complexity index is 1400. The molecule has 0 spiro atoms. The summed E-state index contributed by atoms with van der Waals surface area (Å²) in [6.45, 7) is 0.183. The highest BCUT2D eigenvalue weighted by molar-refractivity contribution is 6.12. The van der Waals surface area contributed by atoms with Crippen LogP contribution in [0, 0.1) is 11.2 Å². The Labute approximate surface area is 208 Å². The molecule has 4 aromatic rings. The number of carbonyl (C=O) groups excluding carboxylic acids is 2. The smallest absolute Gasteiger partial charge is 0.258 e. The van der Waals surface area contributed by atoms with E-state index >= 15 is 0 Å². The molecule has 0 aliphatic carbocycles. The van der Waals surface area contributed by atoms with E-state index in [1.54, 1.807) is 24.3 Å². The van der Waals surface area contributed by atoms with Gasteiger partial charge in [0.15, 0.2) is 0 Å². The molecule has 1 saturated heterocycles. The second-order valence-corrected chi connectivity index (χ2v) is 8.79. The van der Waals surface area contributed by atoms with Crippen molar-refractivity contribution >= 4 is 23.3 Å². The monoisotopic (exact) mass is 477 g/mol. The number of amidine groups is 1. The van der Waals surface area contributed by atoms with Gasteiger partial charge in [0.25, 0.3) is 5.91 Å². The number of likely N-dealkylation sites (tertiary alicyclic amines) is 1. The third-order valence-corrected chi connectivity index (χ3v) is 6.55. The first-order chi connectivity index (χ1) is 17.5. The molecule has 0 saturated carbocycles. The van der Waals surface area contributed by atoms with E-state index in [2.05, 4.69) is 5.32 Å². The third-order valence-electron chi connectivity index (χ3n) is 6.55. The molecule has 1 aliphatic rings. The van der Waals surface area contributed by atoms with Crippen LogP contribution in [-0.2, 0) is 16.8 Å². The number of hydrogen-bond acceptors (Lipinski definition) is 3. The van der Waals surface area contributed by atoms with Crippen molar-refractivity contribution in [2.24, 2.45) is 0 Å². The van der Waals surface area contributed by atoms with Gasteiger partial charge in [-0.3, -0.25) is 19.9 Å². The molecule has 2 amide bonds. The van der Waals surface area contributed by atoms with E-state index in [0.29, 0.717) is 5.69 Å². The summed E-state index contributed by atoms with van der Waals surface area (Å²) in [4.78, 5) is 28.0. The lowest BCUT2D eigenvalue weighted by Gasteiger charge is -2.28. The second-order valence-electron chi connectivity index (χ2n) is 8.79. The molecular formula is C30H24FN3O2. The zero-order chi connectivity index (χ0) is 25.1. The Hall–Kier alpha value is -4.58. The molecule has 0 bridgehead atoms. The minimum absolute atomic E-state index is 0.0464. The van der Waals surface area contributed by atoms with Crippen LogP contribution in [0.25, 0.3) is 0 Å². The van der Waals surface area contributed by atoms with Gasteiger partial charge in [-0.15, -0.1) is 0 Å². The highest BCUT2D eigenvalue weighted by Gasteiger charge is 2.52. The van der Waals surface area contributed by atoms with E-state index in [0.717, 1.165) is 16.7 Å². The summed E-state index contributed by atoms with van der Waals surface area (Å²) < 4.78 is 14.0. The first-order valence-corrected chi connectivity index (χ1v) is 11.6. The molecule has 0 radical (unpaired) electrons. The first-order valence-electron chi connectivity index (χ1n) is 11.6. The quantitative estimate of drug-likeness (QED) is 0.370. The van der Waals surface area contributed by atoms with E-state index in [9.17, 15) is 14.0 Å². The van der Waals surface area contributed by atoms with Crippen LogP contribution in [0.3, 0.4) is 0 Å². The normalized spacial score (nSPS) is 14.6. The summed E-state index contributed by atoms with van der Waals surface area (Å²) >= 11 is 0. The van der Waals surface area contributed by atoms with Gasteiger partial charge in [-0.25, -0.2) is 4.39 Å². The number of amides is 2. The highest BCUT2D eigenvalue weighted by atomic mass is 19.1. The van der Waals surface area contributed by atoms with Crippen LogP contribution in [0.1, 0.15) is 33.5 Å². The van der Waals surface area contributed by atoms with Crippen molar-refractivity contribution in [2.45, 2.75) is 18.4 Å². The molecule has 178 valence electrons. The number of nitrogens with one attached hydrogen (secondary N) is 2. The Kier molecular flexibility index (Phi) is 6.17. The molecule has 1 aliphatic heterocycles. The molecule has 1 fully saturated rings. The zero-order valence-corrected chi connectivity index (χ0v) is 19.4. The van der Waals surface area contributed by atoms with Crippen molar-refractivity contribution in [2.75, 3.05) is 5.32 Å². The molecule has 0 atom stereocenters. The lowest BCUT2D eigenvalue weighted by Crippen LogP contribution is -2.39. The maximum atomic E-state index is 14.0. The molecule has 4 aromatic carbocycles. The van der Waals surface area contributed by atoms with Crippen molar-refractivity contribution in [3.05, 3.63) is 137 Å². The molecule has 5 nitrogen and oxygen atoms in total. The van der Waals surface area contributed by atoms with Gasteiger partial charge in [0.2, 0.25) is 5.91 Å². The predicted molar refractivity (Wildman–Crippen MR) is 137 cm³/mol. The average molecular weight is 478 g/mol. The second kappa shape index (κ2) is 9.58. The van der Waals surface area contributed by atoms with Gasteiger partial charge in [-0.05, 0) is 41.0 Å². The fourth-order valence-electron chi connectivity index (χ4n) is 4.78. The summed E-state index contributed by atoms with van der Waals surface area (Å²) in [5.74, 6) is -1.08. The van der Waals surface area contributed by atoms with Crippen LogP contribution < -0.4 is 5.32 Å². The standard InChI is InChI=1S/C30H24FN3O2/c31-26-17-8-7-16-25(26)28(35)33-24-15-9-10-21(18-24)20-34-27(32)19-30(29(34)36,22-11-3-1-4-12-22)23-13-5-2-6-14-23/h1-18,32H,19-20H2,(H,33,35). The van der Waals surface area contributed by atoms with Crippen LogP contribution in [-0.4, -0.2) is 22.5 Å². The maximum Gasteiger partial charge on any atom is 0.258 e. The summed E-state index contributed by atoms with van der Waals surface area (Å²) in [6.07, 6.45) is 0.254. The summed E-state index contributed by atoms with van der Waals surface area (Å²) in [5, 5.41) is 11.5. The minimum Gasteiger partial charge on any atom is -0.322 e. The Balaban J connectivity index is 1.43. The van der Waals surface area contributed by atoms with Gasteiger partial charge in [0, 0.05) is 12.1 Å². The molecule has 0 unspecified atom stereocenters. The molecule has 5 rings (SSSR count). The molecule has 2 N–H and O–H groups in total. The maximum absolute atomic E-state index is 14.0. The minimum atomic E-state index is -0.976. The topological polar surface area (TPSA) is 73.3 Å². The van der Waals surface area contributed by atoms with Crippen molar-refractivity contribution < 1.29 is 14.0 Å². The van der Waals surface area contributed by atoms with Crippen molar-refractivity contribution in [3.63, 3.8) is 0 Å². The number of nitrogens with zero attached hydrogens (tertiary/aromatic N) is 1. The lowest BCUT2D eigenvalue weighted by atomic mass is 9.73. The van der Waals surface area contributed by atoms with Crippen molar-refractivity contribution in [1.82, 2.24) is 4.90 Å². The molecule has 36 heavy (non-hydrogen) atoms. The molecule has 0 aromatic heterocycles. The summed E-state index contributed by atoms with van der Waals surface area (Å²) in [5.41, 5.74) is 1.90. The van der Waals surface area contributed by atoms with E-state index < -0.39 is 17.1 Å². The fraction of sp³-hybridized carbons (Fsp3) is 0.100. The highest BCUT2D eigenvalue weighted by Crippen LogP contribution is 2.43. The average Bonchev–Trinajstić information content (AvgIpc) is 3.16. The zero-order valence-electron chi connectivity index (χ0n) is 19.4. The van der Waals surface area contributed by atoms with Crippen molar-refractivity contribution in [3.8, 4) is 0 Å². The summed E-state index contributed by atoms with van der Waals surface area (Å²) in [7, 11) is 0. The molecule has 6 heteroatoms. The number of halogens is 1. The van der Waals surface area contributed by atoms with E-state index in [4.69, 9.17) is 5.41 Å². The van der Waals surface area contributed by atoms with E-state index in [1.165, 1.54) is 23.1 Å². The van der Waals surface area contributed by atoms with Gasteiger partial charge in [-0.2, -0.15) is 0 Å². The van der Waals surface area contributed by atoms with Gasteiger partial charge in [0.1, 0.15) is 17.1 Å². The molecular weight excluding hydrogens is 453 g/mol. The van der Waals surface area contributed by atoms with Gasteiger partial charge in [0.05, 0.1) is 12.1 Å². The number of hydrogen-bond donors (Lipinski definition) is 2. The van der Waals surface area contributed by atoms with E-state index in [1.807, 2.05) is 66.7 Å². The Morgan fingerprint density at radius 2 is 1.47 bits per heavy atom. The Morgan fingerprint density at radius 1 is 0.861 bits per heavy atom. The fourth-order valence-corrected chi connectivity index (χ4v) is 4.78. The predicted octanol–water partition coefficient (Wildman–Crippen LogP) is 5.77. The SMILES string of the molecule is N=C1CC(c2ccccc2)(c2ccccc2)C(=O)N1Cc1cccc(NC(=O)c2ccccc2F)c1. The number of rotatable bonds is 6. The number of benzene rings is 4. The number of carbonyl (C=O) groups is 2. The van der Waals surface area contributed by atoms with Gasteiger partial charge < -0.3 is 5.32 Å².